The van der Waals surface area contributed by atoms with Crippen molar-refractivity contribution in [2.45, 2.75) is 52.2 Å². The van der Waals surface area contributed by atoms with Gasteiger partial charge in [-0.25, -0.2) is 5.43 Å². The number of benzene rings is 1. The van der Waals surface area contributed by atoms with Gasteiger partial charge in [0.15, 0.2) is 0 Å². The largest absolute Gasteiger partial charge is 0.272 e. The second kappa shape index (κ2) is 8.91. The van der Waals surface area contributed by atoms with Gasteiger partial charge in [0.2, 0.25) is 5.91 Å². The van der Waals surface area contributed by atoms with Crippen molar-refractivity contribution in [2.24, 2.45) is 16.4 Å². The second-order valence-electron chi connectivity index (χ2n) is 7.44. The van der Waals surface area contributed by atoms with Gasteiger partial charge in [0, 0.05) is 16.5 Å². The van der Waals surface area contributed by atoms with Gasteiger partial charge in [-0.05, 0) is 48.6 Å². The van der Waals surface area contributed by atoms with Crippen LogP contribution in [0.15, 0.2) is 29.4 Å². The van der Waals surface area contributed by atoms with Crippen LogP contribution < -0.4 is 5.43 Å². The topological polar surface area (TPSA) is 41.5 Å². The first-order chi connectivity index (χ1) is 11.4. The van der Waals surface area contributed by atoms with Crippen LogP contribution in [0.4, 0.5) is 0 Å². The minimum Gasteiger partial charge on any atom is -0.272 e. The van der Waals surface area contributed by atoms with E-state index in [1.807, 2.05) is 24.3 Å². The Bertz CT molecular complexity index is 585. The highest BCUT2D eigenvalue weighted by Gasteiger charge is 2.28. The lowest BCUT2D eigenvalue weighted by atomic mass is 9.72. The predicted octanol–water partition coefficient (Wildman–Crippen LogP) is 5.28. The number of halogens is 1. The molecule has 132 valence electrons. The Morgan fingerprint density at radius 1 is 1.29 bits per heavy atom. The summed E-state index contributed by atoms with van der Waals surface area (Å²) in [4.78, 5) is 11.9. The molecule has 0 atom stereocenters. The fraction of sp³-hybridized carbons (Fsp3) is 0.579. The molecular formula is C19H27ClN2OS. The Hall–Kier alpha value is -1.00. The summed E-state index contributed by atoms with van der Waals surface area (Å²) in [6.07, 6.45) is 4.32. The number of rotatable bonds is 5. The van der Waals surface area contributed by atoms with Crippen molar-refractivity contribution in [3.8, 4) is 0 Å². The van der Waals surface area contributed by atoms with Gasteiger partial charge in [0.05, 0.1) is 5.75 Å². The van der Waals surface area contributed by atoms with Gasteiger partial charge in [-0.2, -0.15) is 5.10 Å². The molecule has 2 rings (SSSR count). The standard InChI is InChI=1S/C19H27ClN2OS/c1-19(2,3)15-8-10-16(11-9-15)21-22-18(23)13-24-12-14-6-4-5-7-17(14)20/h4-7,15H,8-13H2,1-3H3,(H,22,23). The molecule has 0 bridgehead atoms. The average Bonchev–Trinajstić information content (AvgIpc) is 2.54. The van der Waals surface area contributed by atoms with Crippen LogP contribution in [0.2, 0.25) is 5.02 Å². The molecule has 0 aliphatic heterocycles. The minimum atomic E-state index is -0.0440. The Labute approximate surface area is 154 Å². The SMILES string of the molecule is CC(C)(C)C1CCC(=NNC(=O)CSCc2ccccc2Cl)CC1. The molecule has 1 aliphatic carbocycles. The molecular weight excluding hydrogens is 340 g/mol. The van der Waals surface area contributed by atoms with E-state index in [2.05, 4.69) is 31.3 Å². The van der Waals surface area contributed by atoms with E-state index in [0.717, 1.165) is 40.8 Å². The molecule has 1 N–H and O–H groups in total. The second-order valence-corrected chi connectivity index (χ2v) is 8.83. The van der Waals surface area contributed by atoms with Crippen molar-refractivity contribution in [3.63, 3.8) is 0 Å². The third kappa shape index (κ3) is 6.14. The first-order valence-corrected chi connectivity index (χ1v) is 10.0. The molecule has 0 aromatic heterocycles. The number of hydrazone groups is 1. The minimum absolute atomic E-state index is 0.0440. The lowest BCUT2D eigenvalue weighted by molar-refractivity contribution is -0.118. The summed E-state index contributed by atoms with van der Waals surface area (Å²) in [5, 5.41) is 5.07. The molecule has 1 aliphatic rings. The number of carbonyl (C=O) groups is 1. The van der Waals surface area contributed by atoms with Crippen molar-refractivity contribution >= 4 is 35.0 Å². The monoisotopic (exact) mass is 366 g/mol. The molecule has 0 radical (unpaired) electrons. The summed E-state index contributed by atoms with van der Waals surface area (Å²) >= 11 is 7.66. The number of hydrogen-bond donors (Lipinski definition) is 1. The van der Waals surface area contributed by atoms with Gasteiger partial charge in [-0.3, -0.25) is 4.79 Å². The number of thioether (sulfide) groups is 1. The van der Waals surface area contributed by atoms with E-state index in [1.54, 1.807) is 11.8 Å². The third-order valence-corrected chi connectivity index (χ3v) is 5.92. The van der Waals surface area contributed by atoms with Crippen LogP contribution in [-0.2, 0) is 10.5 Å². The fourth-order valence-corrected chi connectivity index (χ4v) is 4.08. The lowest BCUT2D eigenvalue weighted by Crippen LogP contribution is -2.28. The smallest absolute Gasteiger partial charge is 0.250 e. The summed E-state index contributed by atoms with van der Waals surface area (Å²) in [5.41, 5.74) is 5.25. The molecule has 0 heterocycles. The lowest BCUT2D eigenvalue weighted by Gasteiger charge is -2.34. The van der Waals surface area contributed by atoms with Crippen molar-refractivity contribution < 1.29 is 4.79 Å². The van der Waals surface area contributed by atoms with Gasteiger partial charge < -0.3 is 0 Å². The van der Waals surface area contributed by atoms with E-state index in [0.29, 0.717) is 11.2 Å². The van der Waals surface area contributed by atoms with Crippen LogP contribution in [0.25, 0.3) is 0 Å². The molecule has 1 aromatic carbocycles. The summed E-state index contributed by atoms with van der Waals surface area (Å²) in [5.74, 6) is 1.83. The van der Waals surface area contributed by atoms with Crippen LogP contribution >= 0.6 is 23.4 Å². The maximum Gasteiger partial charge on any atom is 0.250 e. The fourth-order valence-electron chi connectivity index (χ4n) is 2.97. The number of carbonyl (C=O) groups excluding carboxylic acids is 1. The Morgan fingerprint density at radius 2 is 1.96 bits per heavy atom. The number of hydrogen-bond acceptors (Lipinski definition) is 3. The van der Waals surface area contributed by atoms with Gasteiger partial charge in [-0.15, -0.1) is 11.8 Å². The van der Waals surface area contributed by atoms with Crippen molar-refractivity contribution in [1.29, 1.82) is 0 Å². The van der Waals surface area contributed by atoms with Gasteiger partial charge in [-0.1, -0.05) is 50.6 Å². The Kier molecular flexibility index (Phi) is 7.17. The molecule has 1 saturated carbocycles. The Morgan fingerprint density at radius 3 is 2.58 bits per heavy atom. The van der Waals surface area contributed by atoms with Gasteiger partial charge in [0.25, 0.3) is 0 Å². The van der Waals surface area contributed by atoms with E-state index >= 15 is 0 Å². The van der Waals surface area contributed by atoms with Crippen LogP contribution in [0.5, 0.6) is 0 Å². The summed E-state index contributed by atoms with van der Waals surface area (Å²) in [7, 11) is 0. The zero-order valence-electron chi connectivity index (χ0n) is 14.8. The summed E-state index contributed by atoms with van der Waals surface area (Å²) in [6, 6.07) is 7.73. The zero-order valence-corrected chi connectivity index (χ0v) is 16.3. The maximum atomic E-state index is 11.9. The van der Waals surface area contributed by atoms with E-state index < -0.39 is 0 Å². The van der Waals surface area contributed by atoms with Gasteiger partial charge >= 0.3 is 0 Å². The predicted molar refractivity (Wildman–Crippen MR) is 105 cm³/mol. The first kappa shape index (κ1) is 19.3. The summed E-state index contributed by atoms with van der Waals surface area (Å²) < 4.78 is 0. The summed E-state index contributed by atoms with van der Waals surface area (Å²) in [6.45, 7) is 6.91. The van der Waals surface area contributed by atoms with E-state index in [-0.39, 0.29) is 5.91 Å². The molecule has 1 aromatic rings. The van der Waals surface area contributed by atoms with Crippen molar-refractivity contribution in [1.82, 2.24) is 5.43 Å². The van der Waals surface area contributed by atoms with E-state index in [9.17, 15) is 4.79 Å². The van der Waals surface area contributed by atoms with Crippen LogP contribution in [0, 0.1) is 11.3 Å². The Balaban J connectivity index is 1.69. The maximum absolute atomic E-state index is 11.9. The highest BCUT2D eigenvalue weighted by atomic mass is 35.5. The quantitative estimate of drug-likeness (QED) is 0.720. The van der Waals surface area contributed by atoms with Crippen LogP contribution in [0.1, 0.15) is 52.0 Å². The normalized spacial score (nSPS) is 18.3. The molecule has 1 amide bonds. The van der Waals surface area contributed by atoms with Crippen molar-refractivity contribution in [3.05, 3.63) is 34.9 Å². The van der Waals surface area contributed by atoms with Crippen molar-refractivity contribution in [2.75, 3.05) is 5.75 Å². The van der Waals surface area contributed by atoms with Gasteiger partial charge in [0.1, 0.15) is 0 Å². The van der Waals surface area contributed by atoms with E-state index in [1.165, 1.54) is 12.8 Å². The number of nitrogens with zero attached hydrogens (tertiary/aromatic N) is 1. The van der Waals surface area contributed by atoms with E-state index in [4.69, 9.17) is 11.6 Å². The molecule has 1 fully saturated rings. The first-order valence-electron chi connectivity index (χ1n) is 8.51. The number of amides is 1. The third-order valence-electron chi connectivity index (χ3n) is 4.57. The molecule has 0 spiro atoms. The number of nitrogens with one attached hydrogen (secondary N) is 1. The molecule has 0 unspecified atom stereocenters. The average molecular weight is 367 g/mol. The highest BCUT2D eigenvalue weighted by molar-refractivity contribution is 7.99. The molecule has 0 saturated heterocycles. The van der Waals surface area contributed by atoms with Crippen LogP contribution in [-0.4, -0.2) is 17.4 Å². The molecule has 3 nitrogen and oxygen atoms in total. The van der Waals surface area contributed by atoms with Crippen LogP contribution in [0.3, 0.4) is 0 Å². The highest BCUT2D eigenvalue weighted by Crippen LogP contribution is 2.36. The zero-order chi connectivity index (χ0) is 17.6. The molecule has 24 heavy (non-hydrogen) atoms. The molecule has 5 heteroatoms.